The van der Waals surface area contributed by atoms with Crippen molar-refractivity contribution < 1.29 is 9.66 Å². The van der Waals surface area contributed by atoms with Crippen molar-refractivity contribution in [2.75, 3.05) is 6.61 Å². The molecule has 4 nitrogen and oxygen atoms in total. The van der Waals surface area contributed by atoms with Gasteiger partial charge in [-0.05, 0) is 12.5 Å². The highest BCUT2D eigenvalue weighted by Crippen LogP contribution is 2.18. The monoisotopic (exact) mass is 349 g/mol. The second-order valence-electron chi connectivity index (χ2n) is 4.89. The van der Waals surface area contributed by atoms with Gasteiger partial charge in [0.1, 0.15) is 0 Å². The van der Waals surface area contributed by atoms with Gasteiger partial charge in [-0.1, -0.05) is 37.4 Å². The lowest BCUT2D eigenvalue weighted by Gasteiger charge is -2.05. The molecule has 0 aliphatic heterocycles. The third kappa shape index (κ3) is 8.41. The highest BCUT2D eigenvalue weighted by molar-refractivity contribution is 6.68. The number of para-hydroxylation sites is 1. The van der Waals surface area contributed by atoms with Gasteiger partial charge in [-0.15, -0.1) is 23.2 Å². The van der Waals surface area contributed by atoms with Crippen LogP contribution in [0.25, 0.3) is 0 Å². The Balaban J connectivity index is 2.08. The van der Waals surface area contributed by atoms with Crippen LogP contribution in [0.15, 0.2) is 24.3 Å². The van der Waals surface area contributed by atoms with Gasteiger partial charge in [-0.2, -0.15) is 0 Å². The summed E-state index contributed by atoms with van der Waals surface area (Å²) >= 11 is 11.4. The number of nitro groups is 1. The van der Waals surface area contributed by atoms with E-state index in [0.717, 1.165) is 12.8 Å². The zero-order valence-electron chi connectivity index (χ0n) is 12.0. The molecular weight excluding hydrogens is 329 g/mol. The molecule has 0 aliphatic carbocycles. The van der Waals surface area contributed by atoms with Gasteiger partial charge in [0, 0.05) is 12.7 Å². The highest BCUT2D eigenvalue weighted by atomic mass is 35.5. The van der Waals surface area contributed by atoms with Crippen molar-refractivity contribution in [2.45, 2.75) is 42.8 Å². The molecule has 1 aromatic carbocycles. The number of ether oxygens (including phenoxy) is 1. The zero-order valence-corrected chi connectivity index (χ0v) is 14.9. The number of hydrogen-bond acceptors (Lipinski definition) is 3. The molecule has 0 fully saturated rings. The van der Waals surface area contributed by atoms with Crippen LogP contribution in [-0.4, -0.2) is 25.5 Å². The molecule has 1 rings (SSSR count). The lowest BCUT2D eigenvalue weighted by molar-refractivity contribution is -0.385. The Labute approximate surface area is 137 Å². The number of benzene rings is 1. The van der Waals surface area contributed by atoms with E-state index in [1.54, 1.807) is 18.2 Å². The van der Waals surface area contributed by atoms with Crippen LogP contribution in [0.1, 0.15) is 31.2 Å². The predicted octanol–water partition coefficient (Wildman–Crippen LogP) is 4.02. The van der Waals surface area contributed by atoms with Crippen molar-refractivity contribution in [1.82, 2.24) is 0 Å². The predicted molar refractivity (Wildman–Crippen MR) is 90.1 cm³/mol. The van der Waals surface area contributed by atoms with E-state index in [9.17, 15) is 10.1 Å². The molecule has 0 unspecified atom stereocenters. The molecule has 0 N–H and O–H groups in total. The van der Waals surface area contributed by atoms with Crippen LogP contribution in [0.2, 0.25) is 6.04 Å². The van der Waals surface area contributed by atoms with Crippen molar-refractivity contribution in [3.63, 3.8) is 0 Å². The van der Waals surface area contributed by atoms with E-state index in [1.807, 2.05) is 0 Å². The maximum Gasteiger partial charge on any atom is 0.274 e. The molecule has 0 saturated carbocycles. The van der Waals surface area contributed by atoms with Crippen molar-refractivity contribution in [3.8, 4) is 0 Å². The summed E-state index contributed by atoms with van der Waals surface area (Å²) in [5.74, 6) is 0. The van der Waals surface area contributed by atoms with Gasteiger partial charge in [-0.3, -0.25) is 10.1 Å². The molecule has 118 valence electrons. The minimum absolute atomic E-state index is 0.116. The second kappa shape index (κ2) is 11.0. The van der Waals surface area contributed by atoms with Crippen LogP contribution in [0.5, 0.6) is 0 Å². The first-order valence-electron chi connectivity index (χ1n) is 7.19. The molecule has 0 aromatic heterocycles. The van der Waals surface area contributed by atoms with E-state index >= 15 is 0 Å². The fraction of sp³-hybridized carbons (Fsp3) is 0.571. The number of nitrogens with zero attached hydrogens (tertiary/aromatic N) is 1. The summed E-state index contributed by atoms with van der Waals surface area (Å²) in [6.45, 7) is 0.932. The molecule has 0 atom stereocenters. The normalized spacial score (nSPS) is 11.6. The van der Waals surface area contributed by atoms with Gasteiger partial charge in [0.2, 0.25) is 0 Å². The molecule has 0 bridgehead atoms. The van der Waals surface area contributed by atoms with Gasteiger partial charge in [0.15, 0.2) is 0 Å². The van der Waals surface area contributed by atoms with Gasteiger partial charge >= 0.3 is 0 Å². The van der Waals surface area contributed by atoms with E-state index in [4.69, 9.17) is 27.9 Å². The third-order valence-electron chi connectivity index (χ3n) is 3.16. The van der Waals surface area contributed by atoms with E-state index in [0.29, 0.717) is 18.8 Å². The Morgan fingerprint density at radius 1 is 1.19 bits per heavy atom. The number of nitro benzene ring substituents is 1. The van der Waals surface area contributed by atoms with Crippen molar-refractivity contribution in [1.29, 1.82) is 0 Å². The zero-order chi connectivity index (χ0) is 15.5. The Hall–Kier alpha value is -0.623. The third-order valence-corrected chi connectivity index (χ3v) is 5.81. The van der Waals surface area contributed by atoms with Crippen LogP contribution in [0.3, 0.4) is 0 Å². The fourth-order valence-electron chi connectivity index (χ4n) is 2.03. The summed E-state index contributed by atoms with van der Waals surface area (Å²) in [6, 6.07) is 7.88. The van der Waals surface area contributed by atoms with Crippen molar-refractivity contribution in [3.05, 3.63) is 39.9 Å². The smallest absolute Gasteiger partial charge is 0.274 e. The number of alkyl halides is 2. The van der Waals surface area contributed by atoms with Crippen LogP contribution < -0.4 is 0 Å². The first kappa shape index (κ1) is 18.4. The lowest BCUT2D eigenvalue weighted by Crippen LogP contribution is -2.01. The van der Waals surface area contributed by atoms with Crippen LogP contribution >= 0.6 is 23.2 Å². The standard InChI is InChI=1S/C14H21Cl2NO3Si/c15-14(16)21-10-6-2-1-5-9-20-11-12-7-3-4-8-13(12)17(18)19/h3-4,7-8,14H,1-2,5-6,9-11,21H2. The van der Waals surface area contributed by atoms with Crippen molar-refractivity contribution >= 4 is 38.4 Å². The molecule has 0 radical (unpaired) electrons. The maximum atomic E-state index is 10.8. The number of halogens is 2. The number of hydrogen-bond donors (Lipinski definition) is 0. The minimum atomic E-state index is -0.371. The van der Waals surface area contributed by atoms with Gasteiger partial charge in [-0.25, -0.2) is 0 Å². The summed E-state index contributed by atoms with van der Waals surface area (Å²) < 4.78 is 5.40. The van der Waals surface area contributed by atoms with E-state index < -0.39 is 0 Å². The van der Waals surface area contributed by atoms with Crippen LogP contribution in [0.4, 0.5) is 5.69 Å². The second-order valence-corrected chi connectivity index (χ2v) is 9.30. The summed E-state index contributed by atoms with van der Waals surface area (Å²) in [4.78, 5) is 10.5. The Morgan fingerprint density at radius 3 is 2.62 bits per heavy atom. The molecule has 7 heteroatoms. The molecular formula is C14H21Cl2NO3Si. The summed E-state index contributed by atoms with van der Waals surface area (Å²) in [5.41, 5.74) is 0.753. The topological polar surface area (TPSA) is 52.4 Å². The molecule has 0 saturated heterocycles. The van der Waals surface area contributed by atoms with Crippen molar-refractivity contribution in [2.24, 2.45) is 0 Å². The quantitative estimate of drug-likeness (QED) is 0.199. The number of rotatable bonds is 11. The van der Waals surface area contributed by atoms with Gasteiger partial charge in [0.05, 0.1) is 31.1 Å². The van der Waals surface area contributed by atoms with Gasteiger partial charge < -0.3 is 4.74 Å². The molecule has 0 amide bonds. The molecule has 0 aliphatic rings. The van der Waals surface area contributed by atoms with E-state index in [-0.39, 0.29) is 24.6 Å². The van der Waals surface area contributed by atoms with Gasteiger partial charge in [0.25, 0.3) is 5.69 Å². The summed E-state index contributed by atoms with van der Waals surface area (Å²) in [7, 11) is -0.309. The first-order chi connectivity index (χ1) is 10.1. The fourth-order valence-corrected chi connectivity index (χ4v) is 3.90. The van der Waals surface area contributed by atoms with E-state index in [1.165, 1.54) is 25.0 Å². The van der Waals surface area contributed by atoms with Crippen LogP contribution in [-0.2, 0) is 11.3 Å². The maximum absolute atomic E-state index is 10.8. The molecule has 21 heavy (non-hydrogen) atoms. The highest BCUT2D eigenvalue weighted by Gasteiger charge is 2.11. The molecule has 0 spiro atoms. The molecule has 0 heterocycles. The SMILES string of the molecule is O=[N+]([O-])c1ccccc1COCCCCCC[SiH2]C(Cl)Cl. The Kier molecular flexibility index (Phi) is 9.66. The average molecular weight is 350 g/mol. The summed E-state index contributed by atoms with van der Waals surface area (Å²) in [6.07, 6.45) is 4.45. The van der Waals surface area contributed by atoms with E-state index in [2.05, 4.69) is 0 Å². The average Bonchev–Trinajstić information content (AvgIpc) is 2.45. The first-order valence-corrected chi connectivity index (χ1v) is 9.88. The number of unbranched alkanes of at least 4 members (excludes halogenated alkanes) is 3. The Morgan fingerprint density at radius 2 is 1.90 bits per heavy atom. The lowest BCUT2D eigenvalue weighted by atomic mass is 10.2. The van der Waals surface area contributed by atoms with Crippen LogP contribution in [0, 0.1) is 10.1 Å². The summed E-state index contributed by atoms with van der Waals surface area (Å²) in [5, 5.41) is 10.8. The minimum Gasteiger partial charge on any atom is -0.377 e. The Bertz CT molecular complexity index is 432. The molecule has 1 aromatic rings. The largest absolute Gasteiger partial charge is 0.377 e.